The van der Waals surface area contributed by atoms with Crippen LogP contribution in [0.5, 0.6) is 0 Å². The Morgan fingerprint density at radius 2 is 2.22 bits per heavy atom. The number of carbonyl (C=O) groups is 1. The van der Waals surface area contributed by atoms with Crippen LogP contribution in [0.25, 0.3) is 0 Å². The third kappa shape index (κ3) is 2.48. The summed E-state index contributed by atoms with van der Waals surface area (Å²) < 4.78 is 0. The van der Waals surface area contributed by atoms with Gasteiger partial charge in [-0.15, -0.1) is 0 Å². The molecule has 96 valence electrons. The number of nitro benzene ring substituents is 1. The average Bonchev–Trinajstić information content (AvgIpc) is 2.38. The molecule has 1 aromatic rings. The SMILES string of the molecule is NNc1cc(N2CCNC(=O)C2)cc([N+](=O)[O-])c1. The summed E-state index contributed by atoms with van der Waals surface area (Å²) in [6.45, 7) is 1.31. The van der Waals surface area contributed by atoms with Crippen LogP contribution in [0.15, 0.2) is 18.2 Å². The second kappa shape index (κ2) is 4.88. The van der Waals surface area contributed by atoms with E-state index in [0.29, 0.717) is 24.5 Å². The van der Waals surface area contributed by atoms with Crippen molar-refractivity contribution in [2.45, 2.75) is 0 Å². The summed E-state index contributed by atoms with van der Waals surface area (Å²) in [6.07, 6.45) is 0. The fourth-order valence-corrected chi connectivity index (χ4v) is 1.83. The van der Waals surface area contributed by atoms with Gasteiger partial charge >= 0.3 is 0 Å². The summed E-state index contributed by atoms with van der Waals surface area (Å²) in [6, 6.07) is 4.44. The number of carbonyl (C=O) groups excluding carboxylic acids is 1. The van der Waals surface area contributed by atoms with E-state index in [4.69, 9.17) is 5.84 Å². The highest BCUT2D eigenvalue weighted by Gasteiger charge is 2.19. The average molecular weight is 251 g/mol. The van der Waals surface area contributed by atoms with Gasteiger partial charge in [-0.2, -0.15) is 0 Å². The minimum Gasteiger partial charge on any atom is -0.360 e. The van der Waals surface area contributed by atoms with Crippen molar-refractivity contribution in [3.05, 3.63) is 28.3 Å². The lowest BCUT2D eigenvalue weighted by Crippen LogP contribution is -2.47. The predicted molar refractivity (Wildman–Crippen MR) is 66.1 cm³/mol. The molecular formula is C10H13N5O3. The molecule has 0 atom stereocenters. The molecule has 8 heteroatoms. The second-order valence-electron chi connectivity index (χ2n) is 3.91. The number of nitrogen functional groups attached to an aromatic ring is 1. The standard InChI is InChI=1S/C10H13N5O3/c11-13-7-3-8(5-9(4-7)15(17)18)14-2-1-12-10(16)6-14/h3-5,13H,1-2,6,11H2,(H,12,16). The topological polar surface area (TPSA) is 114 Å². The lowest BCUT2D eigenvalue weighted by molar-refractivity contribution is -0.384. The smallest absolute Gasteiger partial charge is 0.273 e. The van der Waals surface area contributed by atoms with E-state index < -0.39 is 4.92 Å². The van der Waals surface area contributed by atoms with Crippen LogP contribution in [-0.2, 0) is 4.79 Å². The van der Waals surface area contributed by atoms with Crippen molar-refractivity contribution in [3.8, 4) is 0 Å². The molecule has 2 rings (SSSR count). The molecule has 1 heterocycles. The molecule has 18 heavy (non-hydrogen) atoms. The fraction of sp³-hybridized carbons (Fsp3) is 0.300. The van der Waals surface area contributed by atoms with Crippen LogP contribution in [0.3, 0.4) is 0 Å². The molecule has 1 aliphatic rings. The lowest BCUT2D eigenvalue weighted by atomic mass is 10.2. The van der Waals surface area contributed by atoms with Gasteiger partial charge in [-0.1, -0.05) is 0 Å². The summed E-state index contributed by atoms with van der Waals surface area (Å²) in [7, 11) is 0. The monoisotopic (exact) mass is 251 g/mol. The van der Waals surface area contributed by atoms with E-state index in [1.807, 2.05) is 0 Å². The molecule has 1 aromatic carbocycles. The third-order valence-corrected chi connectivity index (χ3v) is 2.68. The maximum absolute atomic E-state index is 11.3. The molecule has 0 aromatic heterocycles. The molecule has 0 unspecified atom stereocenters. The number of piperazine rings is 1. The van der Waals surface area contributed by atoms with E-state index in [1.54, 1.807) is 11.0 Å². The largest absolute Gasteiger partial charge is 0.360 e. The maximum atomic E-state index is 11.3. The summed E-state index contributed by atoms with van der Waals surface area (Å²) in [5.41, 5.74) is 3.36. The predicted octanol–water partition coefficient (Wildman–Crippen LogP) is -0.183. The van der Waals surface area contributed by atoms with Crippen molar-refractivity contribution < 1.29 is 9.72 Å². The van der Waals surface area contributed by atoms with Gasteiger partial charge in [0, 0.05) is 30.9 Å². The molecule has 0 spiro atoms. The minimum atomic E-state index is -0.492. The molecule has 8 nitrogen and oxygen atoms in total. The molecule has 0 saturated carbocycles. The normalized spacial score (nSPS) is 15.2. The molecule has 0 bridgehead atoms. The Hall–Kier alpha value is -2.35. The first kappa shape index (κ1) is 12.1. The van der Waals surface area contributed by atoms with Crippen LogP contribution in [0.1, 0.15) is 0 Å². The molecule has 4 N–H and O–H groups in total. The Morgan fingerprint density at radius 3 is 2.83 bits per heavy atom. The van der Waals surface area contributed by atoms with Crippen LogP contribution in [0, 0.1) is 10.1 Å². The molecule has 1 saturated heterocycles. The van der Waals surface area contributed by atoms with E-state index in [9.17, 15) is 14.9 Å². The van der Waals surface area contributed by atoms with Crippen LogP contribution in [0.2, 0.25) is 0 Å². The van der Waals surface area contributed by atoms with Gasteiger partial charge in [-0.05, 0) is 6.07 Å². The van der Waals surface area contributed by atoms with Gasteiger partial charge in [0.1, 0.15) is 0 Å². The number of hydrogen-bond acceptors (Lipinski definition) is 6. The van der Waals surface area contributed by atoms with E-state index in [0.717, 1.165) is 0 Å². The van der Waals surface area contributed by atoms with Gasteiger partial charge in [0.15, 0.2) is 0 Å². The molecule has 1 fully saturated rings. The van der Waals surface area contributed by atoms with Crippen LogP contribution in [-0.4, -0.2) is 30.5 Å². The summed E-state index contributed by atoms with van der Waals surface area (Å²) in [5, 5.41) is 13.5. The highest BCUT2D eigenvalue weighted by molar-refractivity contribution is 5.83. The zero-order valence-corrected chi connectivity index (χ0v) is 9.55. The number of hydrazine groups is 1. The third-order valence-electron chi connectivity index (χ3n) is 2.68. The number of nitrogens with one attached hydrogen (secondary N) is 2. The number of anilines is 2. The van der Waals surface area contributed by atoms with E-state index in [1.165, 1.54) is 12.1 Å². The highest BCUT2D eigenvalue weighted by Crippen LogP contribution is 2.26. The number of nitrogens with zero attached hydrogens (tertiary/aromatic N) is 2. The van der Waals surface area contributed by atoms with Gasteiger partial charge in [0.05, 0.1) is 17.2 Å². The molecule has 1 aliphatic heterocycles. The van der Waals surface area contributed by atoms with Gasteiger partial charge in [-0.3, -0.25) is 20.8 Å². The Bertz CT molecular complexity index is 490. The first-order valence-corrected chi connectivity index (χ1v) is 5.38. The lowest BCUT2D eigenvalue weighted by Gasteiger charge is -2.28. The first-order chi connectivity index (χ1) is 8.60. The Kier molecular flexibility index (Phi) is 3.28. The van der Waals surface area contributed by atoms with Crippen LogP contribution >= 0.6 is 0 Å². The summed E-state index contributed by atoms with van der Waals surface area (Å²) in [4.78, 5) is 23.4. The van der Waals surface area contributed by atoms with Crippen LogP contribution in [0.4, 0.5) is 17.1 Å². The highest BCUT2D eigenvalue weighted by atomic mass is 16.6. The number of nitrogens with two attached hydrogens (primary N) is 1. The minimum absolute atomic E-state index is 0.0635. The van der Waals surface area contributed by atoms with Crippen molar-refractivity contribution >= 4 is 23.0 Å². The van der Waals surface area contributed by atoms with E-state index in [2.05, 4.69) is 10.7 Å². The molecular weight excluding hydrogens is 238 g/mol. The zero-order chi connectivity index (χ0) is 13.1. The fourth-order valence-electron chi connectivity index (χ4n) is 1.83. The number of amides is 1. The van der Waals surface area contributed by atoms with Crippen molar-refractivity contribution in [2.75, 3.05) is 30.0 Å². The Labute approximate surface area is 103 Å². The second-order valence-corrected chi connectivity index (χ2v) is 3.91. The molecule has 0 aliphatic carbocycles. The molecule has 0 radical (unpaired) electrons. The zero-order valence-electron chi connectivity index (χ0n) is 9.55. The number of nitro groups is 1. The van der Waals surface area contributed by atoms with Crippen molar-refractivity contribution in [3.63, 3.8) is 0 Å². The maximum Gasteiger partial charge on any atom is 0.273 e. The number of hydrogen-bond donors (Lipinski definition) is 3. The number of benzene rings is 1. The number of rotatable bonds is 3. The van der Waals surface area contributed by atoms with Crippen molar-refractivity contribution in [2.24, 2.45) is 5.84 Å². The molecule has 1 amide bonds. The quantitative estimate of drug-likeness (QED) is 0.390. The van der Waals surface area contributed by atoms with E-state index in [-0.39, 0.29) is 18.1 Å². The summed E-state index contributed by atoms with van der Waals surface area (Å²) in [5.74, 6) is 5.17. The van der Waals surface area contributed by atoms with E-state index >= 15 is 0 Å². The van der Waals surface area contributed by atoms with Gasteiger partial charge in [0.2, 0.25) is 5.91 Å². The number of non-ortho nitro benzene ring substituents is 1. The first-order valence-electron chi connectivity index (χ1n) is 5.38. The Morgan fingerprint density at radius 1 is 1.44 bits per heavy atom. The van der Waals surface area contributed by atoms with Crippen LogP contribution < -0.4 is 21.5 Å². The van der Waals surface area contributed by atoms with Gasteiger partial charge < -0.3 is 15.6 Å². The van der Waals surface area contributed by atoms with Gasteiger partial charge in [-0.25, -0.2) is 0 Å². The Balaban J connectivity index is 2.33. The van der Waals surface area contributed by atoms with Gasteiger partial charge in [0.25, 0.3) is 5.69 Å². The van der Waals surface area contributed by atoms with Crippen molar-refractivity contribution in [1.82, 2.24) is 5.32 Å². The van der Waals surface area contributed by atoms with Crippen molar-refractivity contribution in [1.29, 1.82) is 0 Å². The summed E-state index contributed by atoms with van der Waals surface area (Å²) >= 11 is 0.